The minimum atomic E-state index is 0.250. The molecule has 14 heavy (non-hydrogen) atoms. The van der Waals surface area contributed by atoms with Gasteiger partial charge in [0.2, 0.25) is 0 Å². The van der Waals surface area contributed by atoms with Gasteiger partial charge in [0.25, 0.3) is 0 Å². The van der Waals surface area contributed by atoms with Crippen molar-refractivity contribution >= 4 is 11.3 Å². The predicted octanol–water partition coefficient (Wildman–Crippen LogP) is 2.96. The van der Waals surface area contributed by atoms with Gasteiger partial charge in [0.1, 0.15) is 0 Å². The predicted molar refractivity (Wildman–Crippen MR) is 58.7 cm³/mol. The fourth-order valence-electron chi connectivity index (χ4n) is 1.64. The molecule has 0 aliphatic carbocycles. The fraction of sp³-hybridized carbons (Fsp3) is 0.273. The molecule has 1 unspecified atom stereocenters. The Bertz CT molecular complexity index is 391. The highest BCUT2D eigenvalue weighted by Crippen LogP contribution is 2.27. The third kappa shape index (κ3) is 1.61. The van der Waals surface area contributed by atoms with Crippen molar-refractivity contribution in [3.8, 4) is 0 Å². The molecule has 0 amide bonds. The van der Waals surface area contributed by atoms with Gasteiger partial charge in [-0.15, -0.1) is 11.3 Å². The topological polar surface area (TPSA) is 25.2 Å². The number of rotatable bonds is 3. The van der Waals surface area contributed by atoms with E-state index in [1.807, 2.05) is 13.1 Å². The lowest BCUT2D eigenvalue weighted by molar-refractivity contribution is 0.557. The van der Waals surface area contributed by atoms with Gasteiger partial charge in [-0.05, 0) is 37.0 Å². The van der Waals surface area contributed by atoms with E-state index < -0.39 is 0 Å². The average Bonchev–Trinajstić information content (AvgIpc) is 2.80. The first kappa shape index (κ1) is 9.49. The molecular weight excluding hydrogens is 194 g/mol. The van der Waals surface area contributed by atoms with Crippen molar-refractivity contribution in [1.29, 1.82) is 0 Å². The Kier molecular flexibility index (Phi) is 2.70. The summed E-state index contributed by atoms with van der Waals surface area (Å²) in [5.74, 6) is 0. The van der Waals surface area contributed by atoms with Crippen molar-refractivity contribution < 1.29 is 4.42 Å². The first-order valence-corrected chi connectivity index (χ1v) is 5.44. The van der Waals surface area contributed by atoms with E-state index in [-0.39, 0.29) is 6.04 Å². The number of hydrogen-bond donors (Lipinski definition) is 1. The minimum Gasteiger partial charge on any atom is -0.472 e. The lowest BCUT2D eigenvalue weighted by Crippen LogP contribution is -2.16. The second-order valence-electron chi connectivity index (χ2n) is 3.21. The average molecular weight is 207 g/mol. The molecule has 2 aromatic heterocycles. The van der Waals surface area contributed by atoms with Crippen LogP contribution in [-0.2, 0) is 0 Å². The summed E-state index contributed by atoms with van der Waals surface area (Å²) in [6.45, 7) is 2.14. The van der Waals surface area contributed by atoms with E-state index in [4.69, 9.17) is 4.42 Å². The number of nitrogens with one attached hydrogen (secondary N) is 1. The first-order chi connectivity index (χ1) is 6.83. The van der Waals surface area contributed by atoms with Gasteiger partial charge in [-0.2, -0.15) is 0 Å². The molecule has 3 heteroatoms. The van der Waals surface area contributed by atoms with Gasteiger partial charge in [0.15, 0.2) is 0 Å². The lowest BCUT2D eigenvalue weighted by atomic mass is 10.0. The first-order valence-electron chi connectivity index (χ1n) is 4.56. The largest absolute Gasteiger partial charge is 0.472 e. The SMILES string of the molecule is CNC(c1ccoc1)c1ccsc1C. The molecule has 0 saturated heterocycles. The summed E-state index contributed by atoms with van der Waals surface area (Å²) in [5.41, 5.74) is 2.51. The Morgan fingerprint density at radius 2 is 2.29 bits per heavy atom. The van der Waals surface area contributed by atoms with Gasteiger partial charge in [0.05, 0.1) is 18.6 Å². The molecule has 1 atom stereocenters. The monoisotopic (exact) mass is 207 g/mol. The molecule has 0 aliphatic rings. The molecule has 2 nitrogen and oxygen atoms in total. The summed E-state index contributed by atoms with van der Waals surface area (Å²) in [4.78, 5) is 1.35. The Morgan fingerprint density at radius 3 is 2.79 bits per heavy atom. The van der Waals surface area contributed by atoms with Crippen molar-refractivity contribution in [3.63, 3.8) is 0 Å². The van der Waals surface area contributed by atoms with Gasteiger partial charge in [-0.25, -0.2) is 0 Å². The summed E-state index contributed by atoms with van der Waals surface area (Å²) in [7, 11) is 1.97. The Balaban J connectivity index is 2.36. The van der Waals surface area contributed by atoms with Crippen LogP contribution in [0.1, 0.15) is 22.0 Å². The van der Waals surface area contributed by atoms with Crippen LogP contribution < -0.4 is 5.32 Å². The zero-order chi connectivity index (χ0) is 9.97. The molecule has 0 aromatic carbocycles. The van der Waals surface area contributed by atoms with Crippen LogP contribution in [-0.4, -0.2) is 7.05 Å². The molecule has 0 spiro atoms. The van der Waals surface area contributed by atoms with Gasteiger partial charge in [0, 0.05) is 10.4 Å². The molecule has 0 saturated carbocycles. The third-order valence-electron chi connectivity index (χ3n) is 2.38. The normalized spacial score (nSPS) is 13.0. The standard InChI is InChI=1S/C11H13NOS/c1-8-10(4-6-14-8)11(12-2)9-3-5-13-7-9/h3-7,11-12H,1-2H3. The third-order valence-corrected chi connectivity index (χ3v) is 3.24. The minimum absolute atomic E-state index is 0.250. The molecule has 0 radical (unpaired) electrons. The fourth-order valence-corrected chi connectivity index (χ4v) is 2.38. The van der Waals surface area contributed by atoms with Gasteiger partial charge in [-0.3, -0.25) is 0 Å². The van der Waals surface area contributed by atoms with E-state index >= 15 is 0 Å². The van der Waals surface area contributed by atoms with E-state index in [0.717, 1.165) is 0 Å². The summed E-state index contributed by atoms with van der Waals surface area (Å²) >= 11 is 1.77. The van der Waals surface area contributed by atoms with Crippen LogP contribution in [0.25, 0.3) is 0 Å². The highest BCUT2D eigenvalue weighted by atomic mass is 32.1. The Morgan fingerprint density at radius 1 is 1.43 bits per heavy atom. The van der Waals surface area contributed by atoms with Crippen LogP contribution in [0.2, 0.25) is 0 Å². The Labute approximate surface area is 87.6 Å². The van der Waals surface area contributed by atoms with Crippen LogP contribution >= 0.6 is 11.3 Å². The molecule has 0 aliphatic heterocycles. The molecule has 1 N–H and O–H groups in total. The summed E-state index contributed by atoms with van der Waals surface area (Å²) in [6, 6.07) is 4.41. The molecule has 2 heterocycles. The highest BCUT2D eigenvalue weighted by molar-refractivity contribution is 7.10. The lowest BCUT2D eigenvalue weighted by Gasteiger charge is -2.13. The second-order valence-corrected chi connectivity index (χ2v) is 4.33. The van der Waals surface area contributed by atoms with Crippen LogP contribution in [0.15, 0.2) is 34.5 Å². The van der Waals surface area contributed by atoms with Crippen molar-refractivity contribution in [2.45, 2.75) is 13.0 Å². The Hall–Kier alpha value is -1.06. The number of aryl methyl sites for hydroxylation is 1. The molecule has 74 valence electrons. The smallest absolute Gasteiger partial charge is 0.0953 e. The number of furan rings is 1. The zero-order valence-corrected chi connectivity index (χ0v) is 9.10. The van der Waals surface area contributed by atoms with E-state index in [1.165, 1.54) is 16.0 Å². The van der Waals surface area contributed by atoms with E-state index in [1.54, 1.807) is 23.9 Å². The van der Waals surface area contributed by atoms with Gasteiger partial charge in [-0.1, -0.05) is 0 Å². The van der Waals surface area contributed by atoms with Crippen LogP contribution in [0.3, 0.4) is 0 Å². The molecule has 2 aromatic rings. The van der Waals surface area contributed by atoms with E-state index in [0.29, 0.717) is 0 Å². The summed E-state index contributed by atoms with van der Waals surface area (Å²) in [6.07, 6.45) is 3.50. The molecule has 2 rings (SSSR count). The van der Waals surface area contributed by atoms with Gasteiger partial charge < -0.3 is 9.73 Å². The van der Waals surface area contributed by atoms with Crippen LogP contribution in [0, 0.1) is 6.92 Å². The maximum atomic E-state index is 5.10. The number of hydrogen-bond acceptors (Lipinski definition) is 3. The maximum absolute atomic E-state index is 5.10. The highest BCUT2D eigenvalue weighted by Gasteiger charge is 2.15. The number of thiophene rings is 1. The quantitative estimate of drug-likeness (QED) is 0.837. The molecular formula is C11H13NOS. The van der Waals surface area contributed by atoms with Crippen molar-refractivity contribution in [1.82, 2.24) is 5.32 Å². The van der Waals surface area contributed by atoms with Crippen molar-refractivity contribution in [2.75, 3.05) is 7.05 Å². The summed E-state index contributed by atoms with van der Waals surface area (Å²) < 4.78 is 5.10. The van der Waals surface area contributed by atoms with Crippen molar-refractivity contribution in [3.05, 3.63) is 46.0 Å². The van der Waals surface area contributed by atoms with E-state index in [2.05, 4.69) is 23.7 Å². The molecule has 0 bridgehead atoms. The van der Waals surface area contributed by atoms with Crippen molar-refractivity contribution in [2.24, 2.45) is 0 Å². The van der Waals surface area contributed by atoms with E-state index in [9.17, 15) is 0 Å². The van der Waals surface area contributed by atoms with Crippen LogP contribution in [0.5, 0.6) is 0 Å². The van der Waals surface area contributed by atoms with Gasteiger partial charge >= 0.3 is 0 Å². The van der Waals surface area contributed by atoms with Crippen LogP contribution in [0.4, 0.5) is 0 Å². The maximum Gasteiger partial charge on any atom is 0.0953 e. The summed E-state index contributed by atoms with van der Waals surface area (Å²) in [5, 5.41) is 5.41. The molecule has 0 fully saturated rings. The second kappa shape index (κ2) is 3.98. The zero-order valence-electron chi connectivity index (χ0n) is 8.28.